The lowest BCUT2D eigenvalue weighted by Crippen LogP contribution is -2.17. The van der Waals surface area contributed by atoms with Gasteiger partial charge in [0.05, 0.1) is 17.6 Å². The predicted octanol–water partition coefficient (Wildman–Crippen LogP) is 4.09. The van der Waals surface area contributed by atoms with E-state index >= 15 is 0 Å². The van der Waals surface area contributed by atoms with Crippen LogP contribution in [0.4, 0.5) is 8.78 Å². The molecule has 0 spiro atoms. The van der Waals surface area contributed by atoms with Crippen molar-refractivity contribution in [1.29, 1.82) is 0 Å². The highest BCUT2D eigenvalue weighted by atomic mass is 35.5. The Morgan fingerprint density at radius 1 is 1.11 bits per heavy atom. The van der Waals surface area contributed by atoms with E-state index in [-0.39, 0.29) is 24.4 Å². The summed E-state index contributed by atoms with van der Waals surface area (Å²) in [5, 5.41) is 12.9. The molecular formula is C20H18ClF2N5. The zero-order chi connectivity index (χ0) is 18.4. The van der Waals surface area contributed by atoms with E-state index in [0.29, 0.717) is 6.54 Å². The smallest absolute Gasteiger partial charge is 0.159 e. The van der Waals surface area contributed by atoms with Crippen molar-refractivity contribution in [2.24, 2.45) is 0 Å². The zero-order valence-electron chi connectivity index (χ0n) is 14.8. The number of H-pyrrole nitrogens is 1. The van der Waals surface area contributed by atoms with Crippen molar-refractivity contribution >= 4 is 23.3 Å². The molecule has 0 amide bonds. The summed E-state index contributed by atoms with van der Waals surface area (Å²) in [4.78, 5) is 3.17. The van der Waals surface area contributed by atoms with Crippen molar-refractivity contribution in [1.82, 2.24) is 25.3 Å². The average molecular weight is 402 g/mol. The minimum absolute atomic E-state index is 0. The van der Waals surface area contributed by atoms with Gasteiger partial charge in [0.1, 0.15) is 0 Å². The van der Waals surface area contributed by atoms with E-state index in [2.05, 4.69) is 26.7 Å². The quantitative estimate of drug-likeness (QED) is 0.529. The number of rotatable bonds is 5. The summed E-state index contributed by atoms with van der Waals surface area (Å²) in [5.41, 5.74) is 3.69. The summed E-state index contributed by atoms with van der Waals surface area (Å²) in [5.74, 6) is -1.38. The Labute approximate surface area is 166 Å². The van der Waals surface area contributed by atoms with Crippen LogP contribution in [0.5, 0.6) is 0 Å². The van der Waals surface area contributed by atoms with E-state index in [0.717, 1.165) is 34.3 Å². The molecule has 0 bridgehead atoms. The van der Waals surface area contributed by atoms with E-state index < -0.39 is 11.6 Å². The molecule has 1 aliphatic rings. The van der Waals surface area contributed by atoms with Gasteiger partial charge in [-0.25, -0.2) is 13.5 Å². The van der Waals surface area contributed by atoms with Crippen LogP contribution in [-0.4, -0.2) is 26.0 Å². The highest BCUT2D eigenvalue weighted by Crippen LogP contribution is 2.41. The highest BCUT2D eigenvalue weighted by molar-refractivity contribution is 5.85. The van der Waals surface area contributed by atoms with E-state index in [1.807, 2.05) is 30.6 Å². The number of aromatic amines is 1. The number of nitrogens with one attached hydrogen (secondary N) is 2. The molecule has 1 aliphatic carbocycles. The summed E-state index contributed by atoms with van der Waals surface area (Å²) >= 11 is 0. The first kappa shape index (κ1) is 18.6. The third kappa shape index (κ3) is 3.50. The Kier molecular flexibility index (Phi) is 4.87. The summed E-state index contributed by atoms with van der Waals surface area (Å²) in [6, 6.07) is 12.4. The average Bonchev–Trinajstić information content (AvgIpc) is 3.07. The van der Waals surface area contributed by atoms with Gasteiger partial charge in [-0.1, -0.05) is 11.3 Å². The van der Waals surface area contributed by atoms with Crippen molar-refractivity contribution in [3.63, 3.8) is 0 Å². The number of halogens is 3. The lowest BCUT2D eigenvalue weighted by molar-refractivity contribution is 0.506. The minimum Gasteiger partial charge on any atom is -0.361 e. The molecular weight excluding hydrogens is 384 g/mol. The SMILES string of the molecule is Cl.Fc1ccc([C@@H]2C[C@H]2NCc2cn(-c3ccc4[nH]ccc4c3)nn2)cc1F. The van der Waals surface area contributed by atoms with Gasteiger partial charge in [0.25, 0.3) is 0 Å². The fraction of sp³-hybridized carbons (Fsp3) is 0.200. The molecule has 0 saturated heterocycles. The number of hydrogen-bond donors (Lipinski definition) is 2. The van der Waals surface area contributed by atoms with Gasteiger partial charge in [-0.05, 0) is 48.4 Å². The maximum absolute atomic E-state index is 13.4. The monoisotopic (exact) mass is 401 g/mol. The Morgan fingerprint density at radius 2 is 2.00 bits per heavy atom. The van der Waals surface area contributed by atoms with Gasteiger partial charge >= 0.3 is 0 Å². The fourth-order valence-corrected chi connectivity index (χ4v) is 3.46. The molecule has 2 aromatic carbocycles. The van der Waals surface area contributed by atoms with Crippen LogP contribution in [0, 0.1) is 11.6 Å². The van der Waals surface area contributed by atoms with Crippen LogP contribution < -0.4 is 5.32 Å². The molecule has 0 aliphatic heterocycles. The summed E-state index contributed by atoms with van der Waals surface area (Å²) in [7, 11) is 0. The molecule has 0 unspecified atom stereocenters. The second-order valence-corrected chi connectivity index (χ2v) is 6.91. The van der Waals surface area contributed by atoms with Gasteiger partial charge in [-0.3, -0.25) is 0 Å². The number of nitrogens with zero attached hydrogens (tertiary/aromatic N) is 3. The third-order valence-corrected chi connectivity index (χ3v) is 5.05. The van der Waals surface area contributed by atoms with Crippen LogP contribution in [0.25, 0.3) is 16.6 Å². The molecule has 28 heavy (non-hydrogen) atoms. The van der Waals surface area contributed by atoms with E-state index in [4.69, 9.17) is 0 Å². The highest BCUT2D eigenvalue weighted by Gasteiger charge is 2.38. The first-order valence-electron chi connectivity index (χ1n) is 8.84. The number of fused-ring (bicyclic) bond motifs is 1. The van der Waals surface area contributed by atoms with Gasteiger partial charge < -0.3 is 10.3 Å². The molecule has 2 N–H and O–H groups in total. The molecule has 2 atom stereocenters. The van der Waals surface area contributed by atoms with Crippen molar-refractivity contribution in [3.8, 4) is 5.69 Å². The Balaban J connectivity index is 0.00000192. The van der Waals surface area contributed by atoms with E-state index in [9.17, 15) is 8.78 Å². The van der Waals surface area contributed by atoms with Crippen molar-refractivity contribution in [2.75, 3.05) is 0 Å². The van der Waals surface area contributed by atoms with Gasteiger partial charge in [0, 0.05) is 35.6 Å². The number of hydrogen-bond acceptors (Lipinski definition) is 3. The topological polar surface area (TPSA) is 58.5 Å². The van der Waals surface area contributed by atoms with E-state index in [1.165, 1.54) is 12.1 Å². The number of benzene rings is 2. The lowest BCUT2D eigenvalue weighted by atomic mass is 10.1. The standard InChI is InChI=1S/C20H17F2N5.ClH/c21-17-3-1-12(8-18(17)22)16-9-20(16)24-10-14-11-27(26-25-14)15-2-4-19-13(7-15)5-6-23-19;/h1-8,11,16,20,23-24H,9-10H2;1H/t16-,20+;/m0./s1. The van der Waals surface area contributed by atoms with E-state index in [1.54, 1.807) is 10.7 Å². The second kappa shape index (κ2) is 7.33. The predicted molar refractivity (Wildman–Crippen MR) is 105 cm³/mol. The second-order valence-electron chi connectivity index (χ2n) is 6.91. The normalized spacial score (nSPS) is 18.2. The maximum Gasteiger partial charge on any atom is 0.159 e. The third-order valence-electron chi connectivity index (χ3n) is 5.05. The molecule has 0 radical (unpaired) electrons. The first-order chi connectivity index (χ1) is 13.2. The zero-order valence-corrected chi connectivity index (χ0v) is 15.6. The Morgan fingerprint density at radius 3 is 2.86 bits per heavy atom. The molecule has 1 fully saturated rings. The summed E-state index contributed by atoms with van der Waals surface area (Å²) in [6.07, 6.45) is 4.71. The molecule has 8 heteroatoms. The molecule has 144 valence electrons. The van der Waals surface area contributed by atoms with Gasteiger partial charge in [0.2, 0.25) is 0 Å². The largest absolute Gasteiger partial charge is 0.361 e. The van der Waals surface area contributed by atoms with Crippen molar-refractivity contribution in [2.45, 2.75) is 24.9 Å². The Bertz CT molecular complexity index is 1120. The van der Waals surface area contributed by atoms with Gasteiger partial charge in [0.15, 0.2) is 11.6 Å². The van der Waals surface area contributed by atoms with Crippen LogP contribution in [0.3, 0.4) is 0 Å². The molecule has 5 nitrogen and oxygen atoms in total. The summed E-state index contributed by atoms with van der Waals surface area (Å²) in [6.45, 7) is 0.581. The van der Waals surface area contributed by atoms with Crippen LogP contribution in [-0.2, 0) is 6.54 Å². The van der Waals surface area contributed by atoms with Crippen molar-refractivity contribution < 1.29 is 8.78 Å². The van der Waals surface area contributed by atoms with Crippen LogP contribution in [0.15, 0.2) is 54.9 Å². The summed E-state index contributed by atoms with van der Waals surface area (Å²) < 4.78 is 28.2. The maximum atomic E-state index is 13.4. The first-order valence-corrected chi connectivity index (χ1v) is 8.84. The van der Waals surface area contributed by atoms with Crippen LogP contribution >= 0.6 is 12.4 Å². The molecule has 2 heterocycles. The minimum atomic E-state index is -0.807. The van der Waals surface area contributed by atoms with Gasteiger partial charge in [-0.2, -0.15) is 0 Å². The molecule has 5 rings (SSSR count). The Hall–Kier alpha value is -2.77. The molecule has 2 aromatic heterocycles. The van der Waals surface area contributed by atoms with Crippen LogP contribution in [0.1, 0.15) is 23.6 Å². The fourth-order valence-electron chi connectivity index (χ4n) is 3.46. The van der Waals surface area contributed by atoms with Crippen molar-refractivity contribution in [3.05, 3.63) is 77.8 Å². The lowest BCUT2D eigenvalue weighted by Gasteiger charge is -2.03. The van der Waals surface area contributed by atoms with Gasteiger partial charge in [-0.15, -0.1) is 17.5 Å². The molecule has 4 aromatic rings. The molecule has 1 saturated carbocycles. The van der Waals surface area contributed by atoms with Crippen LogP contribution in [0.2, 0.25) is 0 Å². The number of aromatic nitrogens is 4.